The van der Waals surface area contributed by atoms with E-state index in [-0.39, 0.29) is 0 Å². The van der Waals surface area contributed by atoms with Crippen LogP contribution in [0.1, 0.15) is 32.6 Å². The Bertz CT molecular complexity index is 189. The van der Waals surface area contributed by atoms with Gasteiger partial charge in [-0.2, -0.15) is 0 Å². The Kier molecular flexibility index (Phi) is 2.53. The summed E-state index contributed by atoms with van der Waals surface area (Å²) in [6.07, 6.45) is 2.58. The lowest BCUT2D eigenvalue weighted by Crippen LogP contribution is -2.43. The summed E-state index contributed by atoms with van der Waals surface area (Å²) in [6, 6.07) is 0. The van der Waals surface area contributed by atoms with E-state index in [0.29, 0.717) is 12.8 Å². The van der Waals surface area contributed by atoms with Crippen molar-refractivity contribution in [1.82, 2.24) is 0 Å². The monoisotopic (exact) mass is 154 g/mol. The predicted octanol–water partition coefficient (Wildman–Crippen LogP) is 0.676. The van der Waals surface area contributed by atoms with Crippen LogP contribution in [0.3, 0.4) is 0 Å². The molecule has 1 saturated carbocycles. The van der Waals surface area contributed by atoms with Crippen molar-refractivity contribution in [2.75, 3.05) is 0 Å². The van der Waals surface area contributed by atoms with Gasteiger partial charge in [0, 0.05) is 0 Å². The van der Waals surface area contributed by atoms with Gasteiger partial charge in [0.05, 0.1) is 6.10 Å². The maximum atomic E-state index is 9.72. The Labute approximate surface area is 67.2 Å². The fraction of sp³-hybridized carbons (Fsp3) is 0.778. The van der Waals surface area contributed by atoms with E-state index >= 15 is 0 Å². The van der Waals surface area contributed by atoms with E-state index in [9.17, 15) is 10.2 Å². The minimum absolute atomic E-state index is 0.606. The molecule has 0 aromatic carbocycles. The zero-order chi connectivity index (χ0) is 8.32. The summed E-state index contributed by atoms with van der Waals surface area (Å²) in [5.74, 6) is 5.31. The molecule has 1 aliphatic carbocycles. The molecule has 11 heavy (non-hydrogen) atoms. The van der Waals surface area contributed by atoms with Crippen LogP contribution < -0.4 is 0 Å². The van der Waals surface area contributed by atoms with Gasteiger partial charge in [0.2, 0.25) is 0 Å². The van der Waals surface area contributed by atoms with Crippen LogP contribution in [0.5, 0.6) is 0 Å². The summed E-state index contributed by atoms with van der Waals surface area (Å²) >= 11 is 0. The van der Waals surface area contributed by atoms with Crippen LogP contribution in [0.25, 0.3) is 0 Å². The highest BCUT2D eigenvalue weighted by molar-refractivity contribution is 5.16. The summed E-state index contributed by atoms with van der Waals surface area (Å²) in [5.41, 5.74) is -1.12. The van der Waals surface area contributed by atoms with Crippen molar-refractivity contribution in [1.29, 1.82) is 0 Å². The fourth-order valence-electron chi connectivity index (χ4n) is 1.50. The molecule has 0 amide bonds. The zero-order valence-corrected chi connectivity index (χ0v) is 6.80. The summed E-state index contributed by atoms with van der Waals surface area (Å²) in [7, 11) is 0. The van der Waals surface area contributed by atoms with Gasteiger partial charge in [0.15, 0.2) is 5.60 Å². The Morgan fingerprint density at radius 3 is 2.73 bits per heavy atom. The highest BCUT2D eigenvalue weighted by atomic mass is 16.3. The molecule has 0 aromatic heterocycles. The van der Waals surface area contributed by atoms with E-state index in [1.807, 2.05) is 0 Å². The topological polar surface area (TPSA) is 40.5 Å². The molecule has 0 aromatic rings. The third kappa shape index (κ3) is 1.74. The van der Waals surface area contributed by atoms with Crippen molar-refractivity contribution < 1.29 is 10.2 Å². The van der Waals surface area contributed by atoms with E-state index in [1.54, 1.807) is 6.92 Å². The van der Waals surface area contributed by atoms with E-state index in [4.69, 9.17) is 0 Å². The summed E-state index contributed by atoms with van der Waals surface area (Å²) in [5, 5.41) is 19.1. The highest BCUT2D eigenvalue weighted by Gasteiger charge is 2.35. The first-order chi connectivity index (χ1) is 5.19. The van der Waals surface area contributed by atoms with Gasteiger partial charge in [-0.15, -0.1) is 5.92 Å². The molecule has 0 unspecified atom stereocenters. The average molecular weight is 154 g/mol. The Morgan fingerprint density at radius 1 is 1.45 bits per heavy atom. The van der Waals surface area contributed by atoms with E-state index in [2.05, 4.69) is 11.8 Å². The quantitative estimate of drug-likeness (QED) is 0.504. The van der Waals surface area contributed by atoms with Crippen molar-refractivity contribution in [3.05, 3.63) is 0 Å². The highest BCUT2D eigenvalue weighted by Crippen LogP contribution is 2.27. The number of aliphatic hydroxyl groups is 2. The smallest absolute Gasteiger partial charge is 0.151 e. The molecule has 0 saturated heterocycles. The van der Waals surface area contributed by atoms with Gasteiger partial charge in [-0.25, -0.2) is 0 Å². The summed E-state index contributed by atoms with van der Waals surface area (Å²) in [6.45, 7) is 1.68. The molecule has 2 atom stereocenters. The first-order valence-electron chi connectivity index (χ1n) is 4.03. The zero-order valence-electron chi connectivity index (χ0n) is 6.80. The van der Waals surface area contributed by atoms with Crippen molar-refractivity contribution in [2.45, 2.75) is 44.3 Å². The summed E-state index contributed by atoms with van der Waals surface area (Å²) in [4.78, 5) is 0. The molecule has 2 heteroatoms. The van der Waals surface area contributed by atoms with Gasteiger partial charge in [0.1, 0.15) is 0 Å². The first-order valence-corrected chi connectivity index (χ1v) is 4.03. The molecule has 62 valence electrons. The van der Waals surface area contributed by atoms with Crippen LogP contribution in [0.4, 0.5) is 0 Å². The number of hydrogen-bond acceptors (Lipinski definition) is 2. The lowest BCUT2D eigenvalue weighted by Gasteiger charge is -2.32. The molecule has 0 spiro atoms. The molecule has 0 aliphatic heterocycles. The van der Waals surface area contributed by atoms with E-state index in [0.717, 1.165) is 12.8 Å². The minimum Gasteiger partial charge on any atom is -0.389 e. The Morgan fingerprint density at radius 2 is 2.18 bits per heavy atom. The SMILES string of the molecule is CC#C[C@@]1(O)CCCC[C@H]1O. The van der Waals surface area contributed by atoms with Crippen molar-refractivity contribution in [2.24, 2.45) is 0 Å². The molecular weight excluding hydrogens is 140 g/mol. The van der Waals surface area contributed by atoms with E-state index < -0.39 is 11.7 Å². The fourth-order valence-corrected chi connectivity index (χ4v) is 1.50. The average Bonchev–Trinajstić information content (AvgIpc) is 1.96. The second kappa shape index (κ2) is 3.25. The van der Waals surface area contributed by atoms with Crippen molar-refractivity contribution in [3.63, 3.8) is 0 Å². The maximum absolute atomic E-state index is 9.72. The lowest BCUT2D eigenvalue weighted by atomic mass is 9.83. The third-order valence-electron chi connectivity index (χ3n) is 2.18. The van der Waals surface area contributed by atoms with Gasteiger partial charge in [-0.05, 0) is 26.2 Å². The van der Waals surface area contributed by atoms with Crippen LogP contribution in [-0.4, -0.2) is 21.9 Å². The third-order valence-corrected chi connectivity index (χ3v) is 2.18. The minimum atomic E-state index is -1.12. The van der Waals surface area contributed by atoms with Gasteiger partial charge in [0.25, 0.3) is 0 Å². The standard InChI is InChI=1S/C9H14O2/c1-2-6-9(11)7-4-3-5-8(9)10/h8,10-11H,3-5,7H2,1H3/t8-,9-/m1/s1. The number of rotatable bonds is 0. The molecule has 2 nitrogen and oxygen atoms in total. The van der Waals surface area contributed by atoms with Gasteiger partial charge in [-0.1, -0.05) is 12.3 Å². The Hall–Kier alpha value is -0.520. The van der Waals surface area contributed by atoms with Gasteiger partial charge >= 0.3 is 0 Å². The largest absolute Gasteiger partial charge is 0.389 e. The Balaban J connectivity index is 2.69. The molecular formula is C9H14O2. The lowest BCUT2D eigenvalue weighted by molar-refractivity contribution is -0.0585. The van der Waals surface area contributed by atoms with Crippen LogP contribution >= 0.6 is 0 Å². The second-order valence-corrected chi connectivity index (χ2v) is 3.06. The van der Waals surface area contributed by atoms with Crippen LogP contribution in [-0.2, 0) is 0 Å². The van der Waals surface area contributed by atoms with Crippen LogP contribution in [0.2, 0.25) is 0 Å². The van der Waals surface area contributed by atoms with E-state index in [1.165, 1.54) is 0 Å². The molecule has 1 rings (SSSR count). The number of hydrogen-bond donors (Lipinski definition) is 2. The molecule has 1 fully saturated rings. The number of aliphatic hydroxyl groups excluding tert-OH is 1. The molecule has 0 bridgehead atoms. The molecule has 0 heterocycles. The van der Waals surface area contributed by atoms with Crippen LogP contribution in [0, 0.1) is 11.8 Å². The second-order valence-electron chi connectivity index (χ2n) is 3.06. The molecule has 0 radical (unpaired) electrons. The van der Waals surface area contributed by atoms with Gasteiger partial charge < -0.3 is 10.2 Å². The molecule has 1 aliphatic rings. The maximum Gasteiger partial charge on any atom is 0.151 e. The van der Waals surface area contributed by atoms with Crippen molar-refractivity contribution >= 4 is 0 Å². The van der Waals surface area contributed by atoms with Gasteiger partial charge in [-0.3, -0.25) is 0 Å². The predicted molar refractivity (Wildman–Crippen MR) is 42.9 cm³/mol. The van der Waals surface area contributed by atoms with Crippen molar-refractivity contribution in [3.8, 4) is 11.8 Å². The first kappa shape index (κ1) is 8.58. The molecule has 2 N–H and O–H groups in total. The van der Waals surface area contributed by atoms with Crippen LogP contribution in [0.15, 0.2) is 0 Å². The summed E-state index contributed by atoms with van der Waals surface area (Å²) < 4.78 is 0. The normalized spacial score (nSPS) is 37.5.